The lowest BCUT2D eigenvalue weighted by molar-refractivity contribution is -0.128. The number of likely N-dealkylation sites (tertiary alicyclic amines) is 2. The number of halogens is 1. The summed E-state index contributed by atoms with van der Waals surface area (Å²) in [5.74, 6) is -0.813. The molecule has 236 valence electrons. The Bertz CT molecular complexity index is 1440. The molecule has 2 unspecified atom stereocenters. The second-order valence-electron chi connectivity index (χ2n) is 14.7. The zero-order chi connectivity index (χ0) is 31.4. The molecule has 1 saturated carbocycles. The molecule has 1 spiro atoms. The van der Waals surface area contributed by atoms with Crippen molar-refractivity contribution in [1.29, 1.82) is 5.26 Å². The van der Waals surface area contributed by atoms with Crippen LogP contribution in [0.2, 0.25) is 0 Å². The van der Waals surface area contributed by atoms with E-state index in [0.29, 0.717) is 24.3 Å². The second kappa shape index (κ2) is 11.3. The molecule has 0 aromatic heterocycles. The second-order valence-corrected chi connectivity index (χ2v) is 14.7. The Morgan fingerprint density at radius 2 is 2.02 bits per heavy atom. The number of nitriles is 1. The molecule has 6 rings (SSSR count). The van der Waals surface area contributed by atoms with E-state index in [1.165, 1.54) is 11.6 Å². The summed E-state index contributed by atoms with van der Waals surface area (Å²) in [6.07, 6.45) is 5.91. The van der Waals surface area contributed by atoms with Crippen molar-refractivity contribution in [2.75, 3.05) is 33.3 Å². The first kappa shape index (κ1) is 30.7. The van der Waals surface area contributed by atoms with Gasteiger partial charge in [0.15, 0.2) is 0 Å². The summed E-state index contributed by atoms with van der Waals surface area (Å²) in [5.41, 5.74) is 1.92. The van der Waals surface area contributed by atoms with Crippen molar-refractivity contribution in [2.24, 2.45) is 16.3 Å². The predicted octanol–water partition coefficient (Wildman–Crippen LogP) is 4.39. The molecule has 9 nitrogen and oxygen atoms in total. The summed E-state index contributed by atoms with van der Waals surface area (Å²) in [6, 6.07) is 5.42. The van der Waals surface area contributed by atoms with Crippen molar-refractivity contribution in [1.82, 2.24) is 15.1 Å². The number of carbonyl (C=O) groups is 2. The lowest BCUT2D eigenvalue weighted by Crippen LogP contribution is -2.55. The Balaban J connectivity index is 1.15. The average molecular weight is 606 g/mol. The maximum absolute atomic E-state index is 15.5. The van der Waals surface area contributed by atoms with Gasteiger partial charge in [0, 0.05) is 36.5 Å². The molecule has 0 radical (unpaired) electrons. The van der Waals surface area contributed by atoms with E-state index >= 15 is 4.39 Å². The van der Waals surface area contributed by atoms with Gasteiger partial charge in [0.1, 0.15) is 23.5 Å². The SMILES string of the molecule is CN1CCC2(CC1)OCC1(C)CN=C(c3ccc(C[C@@H](C#N)NC(=O)[C@@H]4[C@H]5CCC(C5)N4C(=O)OC(C)(C)C)c(F)c3)C=C12. The van der Waals surface area contributed by atoms with Crippen LogP contribution in [0.5, 0.6) is 0 Å². The van der Waals surface area contributed by atoms with Crippen LogP contribution in [0.3, 0.4) is 0 Å². The number of ether oxygens (including phenoxy) is 2. The molecule has 4 heterocycles. The molecule has 4 aliphatic heterocycles. The van der Waals surface area contributed by atoms with E-state index in [4.69, 9.17) is 14.5 Å². The molecule has 1 aromatic carbocycles. The third kappa shape index (κ3) is 5.65. The molecule has 5 aliphatic rings. The Labute approximate surface area is 259 Å². The summed E-state index contributed by atoms with van der Waals surface area (Å²) in [7, 11) is 2.13. The predicted molar refractivity (Wildman–Crippen MR) is 164 cm³/mol. The van der Waals surface area contributed by atoms with E-state index in [1.807, 2.05) is 6.07 Å². The van der Waals surface area contributed by atoms with Crippen molar-refractivity contribution < 1.29 is 23.5 Å². The van der Waals surface area contributed by atoms with Crippen LogP contribution < -0.4 is 5.32 Å². The van der Waals surface area contributed by atoms with Crippen molar-refractivity contribution >= 4 is 17.7 Å². The topological polar surface area (TPSA) is 107 Å². The minimum atomic E-state index is -0.947. The molecule has 2 bridgehead atoms. The first-order chi connectivity index (χ1) is 20.8. The van der Waals surface area contributed by atoms with Crippen molar-refractivity contribution in [3.63, 3.8) is 0 Å². The van der Waals surface area contributed by atoms with Gasteiger partial charge in [-0.2, -0.15) is 5.26 Å². The average Bonchev–Trinajstić information content (AvgIpc) is 3.66. The van der Waals surface area contributed by atoms with Crippen LogP contribution in [-0.4, -0.2) is 90.1 Å². The van der Waals surface area contributed by atoms with Gasteiger partial charge in [-0.3, -0.25) is 14.7 Å². The van der Waals surface area contributed by atoms with Gasteiger partial charge in [-0.1, -0.05) is 19.1 Å². The van der Waals surface area contributed by atoms with Gasteiger partial charge >= 0.3 is 6.09 Å². The number of hydrogen-bond donors (Lipinski definition) is 1. The van der Waals surface area contributed by atoms with Crippen molar-refractivity contribution in [3.8, 4) is 6.07 Å². The fourth-order valence-electron chi connectivity index (χ4n) is 7.83. The highest BCUT2D eigenvalue weighted by Crippen LogP contribution is 2.51. The number of allylic oxidation sites excluding steroid dienone is 1. The van der Waals surface area contributed by atoms with Gasteiger partial charge in [0.05, 0.1) is 30.5 Å². The summed E-state index contributed by atoms with van der Waals surface area (Å²) >= 11 is 0. The van der Waals surface area contributed by atoms with Crippen molar-refractivity contribution in [3.05, 3.63) is 46.8 Å². The monoisotopic (exact) mass is 605 g/mol. The van der Waals surface area contributed by atoms with Crippen LogP contribution in [0, 0.1) is 28.5 Å². The van der Waals surface area contributed by atoms with E-state index in [0.717, 1.165) is 50.9 Å². The van der Waals surface area contributed by atoms with E-state index in [1.54, 1.807) is 31.7 Å². The Morgan fingerprint density at radius 1 is 1.27 bits per heavy atom. The van der Waals surface area contributed by atoms with Crippen LogP contribution in [-0.2, 0) is 20.7 Å². The molecule has 1 aromatic rings. The lowest BCUT2D eigenvalue weighted by atomic mass is 9.71. The van der Waals surface area contributed by atoms with Gasteiger partial charge < -0.3 is 19.7 Å². The van der Waals surface area contributed by atoms with Gasteiger partial charge in [0.2, 0.25) is 5.91 Å². The van der Waals surface area contributed by atoms with Crippen LogP contribution in [0.4, 0.5) is 9.18 Å². The number of dihydropyridines is 1. The normalized spacial score (nSPS) is 29.9. The molecule has 1 aliphatic carbocycles. The number of carbonyl (C=O) groups excluding carboxylic acids is 2. The van der Waals surface area contributed by atoms with E-state index in [2.05, 4.69) is 36.3 Å². The maximum atomic E-state index is 15.5. The molecule has 4 fully saturated rings. The number of benzene rings is 1. The highest BCUT2D eigenvalue weighted by molar-refractivity contribution is 6.10. The first-order valence-electron chi connectivity index (χ1n) is 15.9. The zero-order valence-corrected chi connectivity index (χ0v) is 26.5. The van der Waals surface area contributed by atoms with Crippen molar-refractivity contribution in [2.45, 2.75) is 95.5 Å². The third-order valence-electron chi connectivity index (χ3n) is 10.2. The maximum Gasteiger partial charge on any atom is 0.411 e. The standard InChI is InChI=1S/C34H44FN5O4/c1-32(2,3)44-31(42)40-25-9-8-23(15-25)29(40)30(41)38-24(18-36)14-21-6-7-22(16-26(21)35)27-17-28-33(4,19-37-27)20-43-34(28)10-12-39(5)13-11-34/h6-7,16-17,23-25,29H,8-15,19-20H2,1-5H3,(H,38,41)/t23-,24-,25?,29-,33?/m0/s1. The van der Waals surface area contributed by atoms with Crippen LogP contribution in [0.1, 0.15) is 70.9 Å². The summed E-state index contributed by atoms with van der Waals surface area (Å²) < 4.78 is 27.6. The lowest BCUT2D eigenvalue weighted by Gasteiger charge is -2.40. The summed E-state index contributed by atoms with van der Waals surface area (Å²) in [4.78, 5) is 35.1. The highest BCUT2D eigenvalue weighted by Gasteiger charge is 2.54. The van der Waals surface area contributed by atoms with Gasteiger partial charge in [-0.25, -0.2) is 9.18 Å². The molecule has 2 amide bonds. The minimum Gasteiger partial charge on any atom is -0.444 e. The number of hydrogen-bond acceptors (Lipinski definition) is 7. The molecule has 10 heteroatoms. The number of piperidine rings is 2. The largest absolute Gasteiger partial charge is 0.444 e. The summed E-state index contributed by atoms with van der Waals surface area (Å²) in [5, 5.41) is 12.7. The van der Waals surface area contributed by atoms with E-state index in [-0.39, 0.29) is 35.3 Å². The van der Waals surface area contributed by atoms with Gasteiger partial charge in [-0.05, 0) is 89.1 Å². The molecular weight excluding hydrogens is 561 g/mol. The molecule has 3 saturated heterocycles. The number of amides is 2. The number of fused-ring (bicyclic) bond motifs is 4. The van der Waals surface area contributed by atoms with Crippen LogP contribution in [0.25, 0.3) is 0 Å². The van der Waals surface area contributed by atoms with E-state index in [9.17, 15) is 14.9 Å². The Morgan fingerprint density at radius 3 is 2.70 bits per heavy atom. The fourth-order valence-corrected chi connectivity index (χ4v) is 7.83. The Kier molecular flexibility index (Phi) is 7.86. The van der Waals surface area contributed by atoms with Gasteiger partial charge in [0.25, 0.3) is 0 Å². The zero-order valence-electron chi connectivity index (χ0n) is 26.5. The van der Waals surface area contributed by atoms with Crippen LogP contribution >= 0.6 is 0 Å². The number of rotatable bonds is 5. The molecule has 5 atom stereocenters. The Hall–Kier alpha value is -3.29. The van der Waals surface area contributed by atoms with Gasteiger partial charge in [-0.15, -0.1) is 0 Å². The number of nitrogens with one attached hydrogen (secondary N) is 1. The molecule has 1 N–H and O–H groups in total. The highest BCUT2D eigenvalue weighted by atomic mass is 19.1. The minimum absolute atomic E-state index is 0.0116. The quantitative estimate of drug-likeness (QED) is 0.534. The molecule has 44 heavy (non-hydrogen) atoms. The summed E-state index contributed by atoms with van der Waals surface area (Å²) in [6.45, 7) is 10.8. The first-order valence-corrected chi connectivity index (χ1v) is 15.9. The smallest absolute Gasteiger partial charge is 0.411 e. The van der Waals surface area contributed by atoms with E-state index < -0.39 is 29.6 Å². The number of aliphatic imine (C=N–C) groups is 1. The third-order valence-corrected chi connectivity index (χ3v) is 10.2. The van der Waals surface area contributed by atoms with Crippen LogP contribution in [0.15, 0.2) is 34.8 Å². The molecular formula is C34H44FN5O4. The fraction of sp³-hybridized carbons (Fsp3) is 0.647. The number of nitrogens with zero attached hydrogens (tertiary/aromatic N) is 4.